The van der Waals surface area contributed by atoms with Crippen molar-refractivity contribution in [2.24, 2.45) is 5.92 Å². The Kier molecular flexibility index (Phi) is 5.84. The SMILES string of the molecule is CCOC(=O)[C@@H](Cc1cc2ccc(F)cc2[nH]1)NC(=O)C1CCc2ccccc2C1. The maximum absolute atomic E-state index is 13.5. The number of rotatable bonds is 6. The molecule has 5 nitrogen and oxygen atoms in total. The predicted octanol–water partition coefficient (Wildman–Crippen LogP) is 3.70. The molecule has 1 heterocycles. The van der Waals surface area contributed by atoms with E-state index in [1.807, 2.05) is 18.2 Å². The maximum Gasteiger partial charge on any atom is 0.329 e. The normalized spacial score (nSPS) is 16.7. The molecular weight excluding hydrogens is 383 g/mol. The van der Waals surface area contributed by atoms with Crippen LogP contribution in [0.4, 0.5) is 4.39 Å². The molecule has 0 aliphatic heterocycles. The molecule has 1 amide bonds. The van der Waals surface area contributed by atoms with Gasteiger partial charge in [-0.25, -0.2) is 9.18 Å². The molecule has 0 saturated heterocycles. The third-order valence-corrected chi connectivity index (χ3v) is 5.67. The molecule has 1 unspecified atom stereocenters. The van der Waals surface area contributed by atoms with Crippen LogP contribution in [0.2, 0.25) is 0 Å². The number of aromatic amines is 1. The van der Waals surface area contributed by atoms with Crippen LogP contribution in [-0.4, -0.2) is 29.5 Å². The summed E-state index contributed by atoms with van der Waals surface area (Å²) in [7, 11) is 0. The highest BCUT2D eigenvalue weighted by Crippen LogP contribution is 2.26. The summed E-state index contributed by atoms with van der Waals surface area (Å²) >= 11 is 0. The van der Waals surface area contributed by atoms with Gasteiger partial charge in [-0.1, -0.05) is 24.3 Å². The second-order valence-corrected chi connectivity index (χ2v) is 7.75. The van der Waals surface area contributed by atoms with Gasteiger partial charge in [-0.3, -0.25) is 4.79 Å². The standard InChI is InChI=1S/C24H25FN2O3/c1-2-30-24(29)22(14-20-12-17-9-10-19(25)13-21(17)26-20)27-23(28)18-8-7-15-5-3-4-6-16(15)11-18/h3-6,9-10,12-13,18,22,26H,2,7-8,11,14H2,1H3,(H,27,28)/t18?,22-/m1/s1. The van der Waals surface area contributed by atoms with Gasteiger partial charge in [-0.2, -0.15) is 0 Å². The van der Waals surface area contributed by atoms with Gasteiger partial charge < -0.3 is 15.0 Å². The molecule has 0 radical (unpaired) electrons. The minimum atomic E-state index is -0.799. The van der Waals surface area contributed by atoms with Crippen LogP contribution in [-0.2, 0) is 33.6 Å². The number of fused-ring (bicyclic) bond motifs is 2. The molecule has 0 fully saturated rings. The molecule has 2 atom stereocenters. The van der Waals surface area contributed by atoms with E-state index in [-0.39, 0.29) is 30.7 Å². The Morgan fingerprint density at radius 3 is 2.80 bits per heavy atom. The monoisotopic (exact) mass is 408 g/mol. The molecule has 156 valence electrons. The van der Waals surface area contributed by atoms with Crippen molar-refractivity contribution >= 4 is 22.8 Å². The van der Waals surface area contributed by atoms with E-state index in [4.69, 9.17) is 4.74 Å². The zero-order chi connectivity index (χ0) is 21.1. The Morgan fingerprint density at radius 2 is 2.00 bits per heavy atom. The van der Waals surface area contributed by atoms with Crippen LogP contribution in [0.1, 0.15) is 30.2 Å². The molecule has 0 bridgehead atoms. The summed E-state index contributed by atoms with van der Waals surface area (Å²) in [6, 6.07) is 13.7. The molecule has 4 rings (SSSR count). The Bertz CT molecular complexity index is 1080. The number of esters is 1. The van der Waals surface area contributed by atoms with Gasteiger partial charge in [0, 0.05) is 23.5 Å². The highest BCUT2D eigenvalue weighted by molar-refractivity contribution is 5.87. The van der Waals surface area contributed by atoms with Crippen LogP contribution >= 0.6 is 0 Å². The van der Waals surface area contributed by atoms with E-state index in [0.717, 1.165) is 23.9 Å². The van der Waals surface area contributed by atoms with Crippen LogP contribution < -0.4 is 5.32 Å². The Hall–Kier alpha value is -3.15. The zero-order valence-electron chi connectivity index (χ0n) is 16.9. The number of carbonyl (C=O) groups is 2. The summed E-state index contributed by atoms with van der Waals surface area (Å²) in [6.07, 6.45) is 2.53. The molecule has 2 N–H and O–H groups in total. The van der Waals surface area contributed by atoms with Crippen LogP contribution in [0.15, 0.2) is 48.5 Å². The number of aryl methyl sites for hydroxylation is 1. The molecular formula is C24H25FN2O3. The Labute approximate surface area is 174 Å². The molecule has 1 aromatic heterocycles. The summed E-state index contributed by atoms with van der Waals surface area (Å²) in [5.74, 6) is -1.10. The van der Waals surface area contributed by atoms with Crippen LogP contribution in [0.25, 0.3) is 10.9 Å². The van der Waals surface area contributed by atoms with Crippen molar-refractivity contribution in [2.75, 3.05) is 6.61 Å². The van der Waals surface area contributed by atoms with E-state index < -0.39 is 12.0 Å². The first-order valence-electron chi connectivity index (χ1n) is 10.3. The lowest BCUT2D eigenvalue weighted by Gasteiger charge is -2.26. The smallest absolute Gasteiger partial charge is 0.329 e. The first kappa shape index (κ1) is 20.1. The zero-order valence-corrected chi connectivity index (χ0v) is 16.9. The molecule has 30 heavy (non-hydrogen) atoms. The van der Waals surface area contributed by atoms with Crippen LogP contribution in [0, 0.1) is 11.7 Å². The fourth-order valence-corrected chi connectivity index (χ4v) is 4.14. The van der Waals surface area contributed by atoms with Crippen molar-refractivity contribution in [3.63, 3.8) is 0 Å². The van der Waals surface area contributed by atoms with E-state index in [0.29, 0.717) is 11.9 Å². The fourth-order valence-electron chi connectivity index (χ4n) is 4.14. The second-order valence-electron chi connectivity index (χ2n) is 7.75. The number of amides is 1. The molecule has 6 heteroatoms. The molecule has 1 aliphatic carbocycles. The average Bonchev–Trinajstić information content (AvgIpc) is 3.14. The lowest BCUT2D eigenvalue weighted by Crippen LogP contribution is -2.46. The molecule has 0 spiro atoms. The van der Waals surface area contributed by atoms with Gasteiger partial charge in [0.05, 0.1) is 6.61 Å². The number of nitrogens with one attached hydrogen (secondary N) is 2. The third kappa shape index (κ3) is 4.37. The van der Waals surface area contributed by atoms with Crippen molar-refractivity contribution in [2.45, 2.75) is 38.6 Å². The van der Waals surface area contributed by atoms with Gasteiger partial charge >= 0.3 is 5.97 Å². The van der Waals surface area contributed by atoms with Crippen molar-refractivity contribution in [3.05, 3.63) is 71.2 Å². The largest absolute Gasteiger partial charge is 0.464 e. The number of aromatic nitrogens is 1. The van der Waals surface area contributed by atoms with Crippen LogP contribution in [0.3, 0.4) is 0 Å². The minimum Gasteiger partial charge on any atom is -0.464 e. The first-order chi connectivity index (χ1) is 14.5. The van der Waals surface area contributed by atoms with Crippen molar-refractivity contribution in [1.82, 2.24) is 10.3 Å². The van der Waals surface area contributed by atoms with Gasteiger partial charge in [0.25, 0.3) is 0 Å². The highest BCUT2D eigenvalue weighted by Gasteiger charge is 2.29. The van der Waals surface area contributed by atoms with Crippen LogP contribution in [0.5, 0.6) is 0 Å². The molecule has 0 saturated carbocycles. The third-order valence-electron chi connectivity index (χ3n) is 5.67. The fraction of sp³-hybridized carbons (Fsp3) is 0.333. The highest BCUT2D eigenvalue weighted by atomic mass is 19.1. The number of hydrogen-bond donors (Lipinski definition) is 2. The summed E-state index contributed by atoms with van der Waals surface area (Å²) < 4.78 is 18.7. The lowest BCUT2D eigenvalue weighted by atomic mass is 9.83. The maximum atomic E-state index is 13.5. The van der Waals surface area contributed by atoms with Gasteiger partial charge in [-0.15, -0.1) is 0 Å². The van der Waals surface area contributed by atoms with E-state index in [1.54, 1.807) is 13.0 Å². The number of hydrogen-bond acceptors (Lipinski definition) is 3. The van der Waals surface area contributed by atoms with E-state index in [1.165, 1.54) is 23.3 Å². The van der Waals surface area contributed by atoms with E-state index in [2.05, 4.69) is 22.4 Å². The Balaban J connectivity index is 1.49. The van der Waals surface area contributed by atoms with Crippen molar-refractivity contribution < 1.29 is 18.7 Å². The summed E-state index contributed by atoms with van der Waals surface area (Å²) in [5.41, 5.74) is 3.87. The van der Waals surface area contributed by atoms with Gasteiger partial charge in [0.2, 0.25) is 5.91 Å². The first-order valence-corrected chi connectivity index (χ1v) is 10.3. The topological polar surface area (TPSA) is 71.2 Å². The van der Waals surface area contributed by atoms with E-state index in [9.17, 15) is 14.0 Å². The van der Waals surface area contributed by atoms with Crippen molar-refractivity contribution in [1.29, 1.82) is 0 Å². The quantitative estimate of drug-likeness (QED) is 0.611. The van der Waals surface area contributed by atoms with Gasteiger partial charge in [0.1, 0.15) is 11.9 Å². The molecule has 1 aliphatic rings. The van der Waals surface area contributed by atoms with Gasteiger partial charge in [-0.05, 0) is 67.0 Å². The minimum absolute atomic E-state index is 0.135. The summed E-state index contributed by atoms with van der Waals surface area (Å²) in [6.45, 7) is 1.97. The number of carbonyl (C=O) groups excluding carboxylic acids is 2. The number of halogens is 1. The summed E-state index contributed by atoms with van der Waals surface area (Å²) in [4.78, 5) is 28.6. The number of benzene rings is 2. The Morgan fingerprint density at radius 1 is 1.20 bits per heavy atom. The number of ether oxygens (including phenoxy) is 1. The molecule has 3 aromatic rings. The molecule has 2 aromatic carbocycles. The second kappa shape index (κ2) is 8.69. The van der Waals surface area contributed by atoms with E-state index >= 15 is 0 Å². The summed E-state index contributed by atoms with van der Waals surface area (Å²) in [5, 5.41) is 3.75. The number of H-pyrrole nitrogens is 1. The van der Waals surface area contributed by atoms with Gasteiger partial charge in [0.15, 0.2) is 0 Å². The predicted molar refractivity (Wildman–Crippen MR) is 112 cm³/mol. The average molecular weight is 408 g/mol. The lowest BCUT2D eigenvalue weighted by molar-refractivity contribution is -0.147. The van der Waals surface area contributed by atoms with Crippen molar-refractivity contribution in [3.8, 4) is 0 Å².